The molecule has 1 amide bonds. The average Bonchev–Trinajstić information content (AvgIpc) is 3.24. The van der Waals surface area contributed by atoms with Gasteiger partial charge in [-0.1, -0.05) is 30.3 Å². The lowest BCUT2D eigenvalue weighted by Gasteiger charge is -2.30. The number of aryl methyl sites for hydroxylation is 2. The van der Waals surface area contributed by atoms with Crippen LogP contribution in [0.25, 0.3) is 11.5 Å². The fourth-order valence-corrected chi connectivity index (χ4v) is 4.01. The molecule has 0 saturated carbocycles. The van der Waals surface area contributed by atoms with Crippen molar-refractivity contribution in [2.75, 3.05) is 18.4 Å². The fourth-order valence-electron chi connectivity index (χ4n) is 4.01. The van der Waals surface area contributed by atoms with E-state index >= 15 is 0 Å². The highest BCUT2D eigenvalue weighted by Gasteiger charge is 2.26. The Morgan fingerprint density at radius 2 is 1.94 bits per heavy atom. The predicted molar refractivity (Wildman–Crippen MR) is 117 cm³/mol. The molecule has 2 aromatic carbocycles. The fraction of sp³-hybridized carbons (Fsp3) is 0.375. The van der Waals surface area contributed by atoms with Crippen LogP contribution in [0.3, 0.4) is 0 Å². The van der Waals surface area contributed by atoms with Crippen LogP contribution in [-0.4, -0.2) is 34.0 Å². The van der Waals surface area contributed by atoms with Gasteiger partial charge in [-0.05, 0) is 74.7 Å². The first-order valence-corrected chi connectivity index (χ1v) is 10.7. The van der Waals surface area contributed by atoms with E-state index in [1.54, 1.807) is 12.1 Å². The van der Waals surface area contributed by atoms with E-state index < -0.39 is 0 Å². The van der Waals surface area contributed by atoms with Gasteiger partial charge < -0.3 is 9.84 Å². The largest absolute Gasteiger partial charge is 0.334 e. The molecule has 0 unspecified atom stereocenters. The molecule has 3 aromatic rings. The van der Waals surface area contributed by atoms with Crippen LogP contribution in [0.15, 0.2) is 47.0 Å². The van der Waals surface area contributed by atoms with E-state index in [0.717, 1.165) is 43.6 Å². The van der Waals surface area contributed by atoms with Crippen LogP contribution in [0.2, 0.25) is 0 Å². The highest BCUT2D eigenvalue weighted by atomic mass is 19.1. The Morgan fingerprint density at radius 1 is 1.19 bits per heavy atom. The van der Waals surface area contributed by atoms with Crippen LogP contribution in [0.5, 0.6) is 0 Å². The zero-order valence-corrected chi connectivity index (χ0v) is 17.9. The van der Waals surface area contributed by atoms with Crippen molar-refractivity contribution in [3.8, 4) is 11.5 Å². The highest BCUT2D eigenvalue weighted by molar-refractivity contribution is 5.94. The molecule has 1 N–H and O–H groups in total. The Kier molecular flexibility index (Phi) is 6.42. The van der Waals surface area contributed by atoms with E-state index in [9.17, 15) is 9.18 Å². The van der Waals surface area contributed by atoms with Crippen molar-refractivity contribution in [2.24, 2.45) is 5.92 Å². The van der Waals surface area contributed by atoms with E-state index in [2.05, 4.69) is 33.3 Å². The number of likely N-dealkylation sites (tertiary alicyclic amines) is 1. The Balaban J connectivity index is 1.31. The summed E-state index contributed by atoms with van der Waals surface area (Å²) in [5.74, 6) is 0.773. The molecular weight excluding hydrogens is 395 g/mol. The van der Waals surface area contributed by atoms with E-state index in [1.807, 2.05) is 19.1 Å². The maximum Gasteiger partial charge on any atom is 0.257 e. The number of hydrogen-bond acceptors (Lipinski definition) is 5. The molecule has 162 valence electrons. The summed E-state index contributed by atoms with van der Waals surface area (Å²) in [7, 11) is 0. The minimum absolute atomic E-state index is 0.000562. The number of amides is 1. The van der Waals surface area contributed by atoms with Crippen LogP contribution in [0, 0.1) is 18.7 Å². The van der Waals surface area contributed by atoms with Crippen molar-refractivity contribution in [3.63, 3.8) is 0 Å². The van der Waals surface area contributed by atoms with Gasteiger partial charge in [0.2, 0.25) is 5.91 Å². The Bertz CT molecular complexity index is 1040. The highest BCUT2D eigenvalue weighted by Crippen LogP contribution is 2.25. The van der Waals surface area contributed by atoms with Crippen LogP contribution in [-0.2, 0) is 17.8 Å². The van der Waals surface area contributed by atoms with Crippen molar-refractivity contribution < 1.29 is 13.7 Å². The third-order valence-corrected chi connectivity index (χ3v) is 5.87. The van der Waals surface area contributed by atoms with Crippen molar-refractivity contribution in [2.45, 2.75) is 39.7 Å². The monoisotopic (exact) mass is 422 g/mol. The summed E-state index contributed by atoms with van der Waals surface area (Å²) in [6.07, 6.45) is 2.48. The minimum Gasteiger partial charge on any atom is -0.334 e. The number of rotatable bonds is 6. The van der Waals surface area contributed by atoms with Crippen molar-refractivity contribution in [1.29, 1.82) is 0 Å². The third-order valence-electron chi connectivity index (χ3n) is 5.87. The third kappa shape index (κ3) is 4.99. The van der Waals surface area contributed by atoms with Gasteiger partial charge in [-0.25, -0.2) is 4.39 Å². The topological polar surface area (TPSA) is 71.3 Å². The molecule has 31 heavy (non-hydrogen) atoms. The lowest BCUT2D eigenvalue weighted by molar-refractivity contribution is -0.121. The molecule has 4 rings (SSSR count). The minimum atomic E-state index is -0.302. The van der Waals surface area contributed by atoms with Gasteiger partial charge in [-0.15, -0.1) is 0 Å². The van der Waals surface area contributed by atoms with Gasteiger partial charge in [-0.3, -0.25) is 9.69 Å². The summed E-state index contributed by atoms with van der Waals surface area (Å²) in [6, 6.07) is 12.1. The number of carbonyl (C=O) groups excluding carboxylic acids is 1. The summed E-state index contributed by atoms with van der Waals surface area (Å²) in [4.78, 5) is 19.5. The Hall–Kier alpha value is -3.06. The summed E-state index contributed by atoms with van der Waals surface area (Å²) in [6.45, 7) is 6.29. The number of anilines is 1. The van der Waals surface area contributed by atoms with Gasteiger partial charge in [0.1, 0.15) is 5.82 Å². The lowest BCUT2D eigenvalue weighted by Crippen LogP contribution is -2.38. The summed E-state index contributed by atoms with van der Waals surface area (Å²) in [5, 5.41) is 7.21. The van der Waals surface area contributed by atoms with Crippen LogP contribution in [0.1, 0.15) is 36.7 Å². The summed E-state index contributed by atoms with van der Waals surface area (Å²) in [5.41, 5.74) is 3.91. The molecule has 0 aliphatic carbocycles. The van der Waals surface area contributed by atoms with Crippen LogP contribution < -0.4 is 5.32 Å². The second-order valence-electron chi connectivity index (χ2n) is 8.02. The lowest BCUT2D eigenvalue weighted by atomic mass is 9.95. The van der Waals surface area contributed by atoms with E-state index in [-0.39, 0.29) is 17.6 Å². The average molecular weight is 423 g/mol. The number of nitrogens with zero attached hydrogens (tertiary/aromatic N) is 3. The molecule has 1 fully saturated rings. The molecular formula is C24H27FN4O2. The first-order valence-electron chi connectivity index (χ1n) is 10.7. The SMILES string of the molecule is CCc1cccc(C)c1NC(=O)C1CCN(Cc2noc(-c3ccc(F)cc3)n2)CC1. The number of para-hydroxylation sites is 1. The van der Waals surface area contributed by atoms with Crippen LogP contribution >= 0.6 is 0 Å². The number of piperidine rings is 1. The predicted octanol–water partition coefficient (Wildman–Crippen LogP) is 4.60. The Labute approximate surface area is 181 Å². The second kappa shape index (κ2) is 9.39. The molecule has 7 heteroatoms. The molecule has 1 aliphatic rings. The van der Waals surface area contributed by atoms with Gasteiger partial charge >= 0.3 is 0 Å². The second-order valence-corrected chi connectivity index (χ2v) is 8.02. The number of nitrogens with one attached hydrogen (secondary N) is 1. The summed E-state index contributed by atoms with van der Waals surface area (Å²) >= 11 is 0. The number of halogens is 1. The maximum atomic E-state index is 13.1. The maximum absolute atomic E-state index is 13.1. The molecule has 1 saturated heterocycles. The molecule has 6 nitrogen and oxygen atoms in total. The number of hydrogen-bond donors (Lipinski definition) is 1. The van der Waals surface area contributed by atoms with Gasteiger partial charge in [-0.2, -0.15) is 4.98 Å². The first kappa shape index (κ1) is 21.2. The van der Waals surface area contributed by atoms with Gasteiger partial charge in [0.05, 0.1) is 6.54 Å². The molecule has 0 radical (unpaired) electrons. The van der Waals surface area contributed by atoms with E-state index in [0.29, 0.717) is 23.8 Å². The summed E-state index contributed by atoms with van der Waals surface area (Å²) < 4.78 is 18.4. The zero-order chi connectivity index (χ0) is 21.8. The molecule has 1 aliphatic heterocycles. The van der Waals surface area contributed by atoms with Gasteiger partial charge in [0, 0.05) is 17.2 Å². The van der Waals surface area contributed by atoms with Crippen molar-refractivity contribution >= 4 is 11.6 Å². The number of aromatic nitrogens is 2. The zero-order valence-electron chi connectivity index (χ0n) is 17.9. The molecule has 0 atom stereocenters. The van der Waals surface area contributed by atoms with Crippen molar-refractivity contribution in [3.05, 3.63) is 65.2 Å². The van der Waals surface area contributed by atoms with Gasteiger partial charge in [0.25, 0.3) is 5.89 Å². The van der Waals surface area contributed by atoms with Crippen molar-refractivity contribution in [1.82, 2.24) is 15.0 Å². The standard InChI is InChI=1S/C24H27FN4O2/c1-3-17-6-4-5-16(2)22(17)27-23(30)18-11-13-29(14-12-18)15-21-26-24(31-28-21)19-7-9-20(25)10-8-19/h4-10,18H,3,11-15H2,1-2H3,(H,27,30). The quantitative estimate of drug-likeness (QED) is 0.629. The molecule has 0 bridgehead atoms. The normalized spacial score (nSPS) is 15.2. The van der Waals surface area contributed by atoms with E-state index in [4.69, 9.17) is 4.52 Å². The number of carbonyl (C=O) groups is 1. The number of benzene rings is 2. The first-order chi connectivity index (χ1) is 15.0. The van der Waals surface area contributed by atoms with E-state index in [1.165, 1.54) is 17.7 Å². The Morgan fingerprint density at radius 3 is 2.65 bits per heavy atom. The smallest absolute Gasteiger partial charge is 0.257 e. The molecule has 2 heterocycles. The van der Waals surface area contributed by atoms with Gasteiger partial charge in [0.15, 0.2) is 5.82 Å². The van der Waals surface area contributed by atoms with Crippen LogP contribution in [0.4, 0.5) is 10.1 Å². The molecule has 0 spiro atoms. The molecule has 1 aromatic heterocycles.